The molecule has 2 aromatic rings. The summed E-state index contributed by atoms with van der Waals surface area (Å²) in [5, 5.41) is 0. The van der Waals surface area contributed by atoms with E-state index in [0.717, 1.165) is 11.4 Å². The Labute approximate surface area is 77.3 Å². The molecule has 1 aromatic carbocycles. The number of nitrogens with zero attached hydrogens (tertiary/aromatic N) is 1. The molecule has 0 atom stereocenters. The number of aromatic nitrogens is 1. The van der Waals surface area contributed by atoms with Gasteiger partial charge in [0.05, 0.1) is 0 Å². The first kappa shape index (κ1) is 7.80. The van der Waals surface area contributed by atoms with Gasteiger partial charge < -0.3 is 5.73 Å². The number of nitrogens with two attached hydrogens (primary N) is 1. The molecule has 0 amide bonds. The fourth-order valence-corrected chi connectivity index (χ4v) is 1.28. The Morgan fingerprint density at radius 3 is 2.23 bits per heavy atom. The molecule has 13 heavy (non-hydrogen) atoms. The minimum Gasteiger partial charge on any atom is -0.393 e. The maximum Gasteiger partial charge on any atom is 0.233 e. The van der Waals surface area contributed by atoms with Gasteiger partial charge in [0.1, 0.15) is 5.69 Å². The Kier molecular flexibility index (Phi) is 1.96. The topological polar surface area (TPSA) is 29.9 Å². The molecule has 1 heterocycles. The van der Waals surface area contributed by atoms with Crippen molar-refractivity contribution >= 4 is 5.69 Å². The molecule has 0 bridgehead atoms. The summed E-state index contributed by atoms with van der Waals surface area (Å²) in [5.74, 6) is 0. The summed E-state index contributed by atoms with van der Waals surface area (Å²) in [6, 6.07) is 13.7. The zero-order valence-corrected chi connectivity index (χ0v) is 7.22. The molecule has 0 unspecified atom stereocenters. The van der Waals surface area contributed by atoms with Gasteiger partial charge in [-0.3, -0.25) is 0 Å². The third kappa shape index (κ3) is 1.51. The van der Waals surface area contributed by atoms with Crippen LogP contribution in [0.4, 0.5) is 5.69 Å². The summed E-state index contributed by atoms with van der Waals surface area (Å²) >= 11 is 0. The molecule has 0 saturated carbocycles. The monoisotopic (exact) mass is 171 g/mol. The Morgan fingerprint density at radius 1 is 0.846 bits per heavy atom. The van der Waals surface area contributed by atoms with Crippen molar-refractivity contribution in [3.05, 3.63) is 54.9 Å². The van der Waals surface area contributed by atoms with Crippen LogP contribution in [0.2, 0.25) is 0 Å². The van der Waals surface area contributed by atoms with Crippen LogP contribution < -0.4 is 10.3 Å². The number of rotatable bonds is 1. The lowest BCUT2D eigenvalue weighted by Crippen LogP contribution is -2.29. The van der Waals surface area contributed by atoms with Gasteiger partial charge in [-0.05, 0) is 6.07 Å². The van der Waals surface area contributed by atoms with E-state index in [4.69, 9.17) is 5.73 Å². The largest absolute Gasteiger partial charge is 0.393 e. The first-order chi connectivity index (χ1) is 6.38. The maximum atomic E-state index is 5.83. The van der Waals surface area contributed by atoms with Gasteiger partial charge in [0.25, 0.3) is 0 Å². The van der Waals surface area contributed by atoms with Crippen LogP contribution >= 0.6 is 0 Å². The lowest BCUT2D eigenvalue weighted by molar-refractivity contribution is -0.594. The minimum absolute atomic E-state index is 0.790. The highest BCUT2D eigenvalue weighted by atomic mass is 15.0. The van der Waals surface area contributed by atoms with Crippen LogP contribution in [0, 0.1) is 0 Å². The van der Waals surface area contributed by atoms with Crippen LogP contribution in [0.5, 0.6) is 0 Å². The van der Waals surface area contributed by atoms with Crippen molar-refractivity contribution < 1.29 is 4.57 Å². The lowest BCUT2D eigenvalue weighted by atomic mass is 10.2. The quantitative estimate of drug-likeness (QED) is 0.512. The van der Waals surface area contributed by atoms with E-state index in [9.17, 15) is 0 Å². The summed E-state index contributed by atoms with van der Waals surface area (Å²) in [7, 11) is 0. The number of pyridine rings is 1. The van der Waals surface area contributed by atoms with Crippen LogP contribution in [0.15, 0.2) is 54.9 Å². The van der Waals surface area contributed by atoms with E-state index in [-0.39, 0.29) is 0 Å². The molecular weight excluding hydrogens is 160 g/mol. The van der Waals surface area contributed by atoms with Crippen LogP contribution in [0.1, 0.15) is 0 Å². The van der Waals surface area contributed by atoms with Crippen molar-refractivity contribution in [2.24, 2.45) is 0 Å². The summed E-state index contributed by atoms with van der Waals surface area (Å²) in [6.07, 6.45) is 3.96. The van der Waals surface area contributed by atoms with Gasteiger partial charge in [0.2, 0.25) is 5.69 Å². The van der Waals surface area contributed by atoms with E-state index in [1.165, 1.54) is 0 Å². The standard InChI is InChI=1S/C11H11N2/c12-10-6-2-3-7-11(10)13-8-4-1-5-9-13/h1-9H,12H2/q+1. The molecule has 64 valence electrons. The zero-order valence-electron chi connectivity index (χ0n) is 7.22. The highest BCUT2D eigenvalue weighted by Gasteiger charge is 2.06. The zero-order chi connectivity index (χ0) is 9.10. The summed E-state index contributed by atoms with van der Waals surface area (Å²) in [6.45, 7) is 0. The molecule has 0 fully saturated rings. The van der Waals surface area contributed by atoms with Crippen LogP contribution in [-0.4, -0.2) is 0 Å². The van der Waals surface area contributed by atoms with Gasteiger partial charge in [0.15, 0.2) is 12.4 Å². The average Bonchev–Trinajstić information content (AvgIpc) is 2.20. The smallest absolute Gasteiger partial charge is 0.233 e. The SMILES string of the molecule is Nc1ccccc1-[n+]1ccccc1. The molecule has 0 spiro atoms. The molecular formula is C11H11N2+. The summed E-state index contributed by atoms with van der Waals surface area (Å²) < 4.78 is 2.00. The van der Waals surface area contributed by atoms with E-state index in [1.54, 1.807) is 0 Å². The molecule has 0 aliphatic rings. The van der Waals surface area contributed by atoms with Gasteiger partial charge in [-0.15, -0.1) is 0 Å². The second-order valence-electron chi connectivity index (χ2n) is 2.84. The van der Waals surface area contributed by atoms with Crippen molar-refractivity contribution in [2.45, 2.75) is 0 Å². The Bertz CT molecular complexity index is 396. The number of nitrogen functional groups attached to an aromatic ring is 1. The first-order valence-electron chi connectivity index (χ1n) is 4.19. The van der Waals surface area contributed by atoms with Crippen molar-refractivity contribution in [1.82, 2.24) is 0 Å². The van der Waals surface area contributed by atoms with E-state index in [0.29, 0.717) is 0 Å². The molecule has 0 radical (unpaired) electrons. The molecule has 0 aliphatic heterocycles. The second kappa shape index (κ2) is 3.27. The second-order valence-corrected chi connectivity index (χ2v) is 2.84. The van der Waals surface area contributed by atoms with Gasteiger partial charge in [-0.2, -0.15) is 4.57 Å². The average molecular weight is 171 g/mol. The normalized spacial score (nSPS) is 9.85. The highest BCUT2D eigenvalue weighted by Crippen LogP contribution is 2.08. The minimum atomic E-state index is 0.790. The molecule has 2 N–H and O–H groups in total. The number of hydrogen-bond donors (Lipinski definition) is 1. The van der Waals surface area contributed by atoms with E-state index >= 15 is 0 Å². The Morgan fingerprint density at radius 2 is 1.54 bits per heavy atom. The van der Waals surface area contributed by atoms with Crippen molar-refractivity contribution in [3.63, 3.8) is 0 Å². The highest BCUT2D eigenvalue weighted by molar-refractivity contribution is 5.51. The molecule has 2 nitrogen and oxygen atoms in total. The lowest BCUT2D eigenvalue weighted by Gasteiger charge is -1.97. The summed E-state index contributed by atoms with van der Waals surface area (Å²) in [5.41, 5.74) is 7.64. The van der Waals surface area contributed by atoms with Crippen LogP contribution in [0.3, 0.4) is 0 Å². The predicted octanol–water partition coefficient (Wildman–Crippen LogP) is 1.55. The first-order valence-corrected chi connectivity index (χ1v) is 4.19. The van der Waals surface area contributed by atoms with Crippen LogP contribution in [0.25, 0.3) is 5.69 Å². The van der Waals surface area contributed by atoms with E-state index < -0.39 is 0 Å². The number of para-hydroxylation sites is 2. The number of hydrogen-bond acceptors (Lipinski definition) is 1. The predicted molar refractivity (Wildman–Crippen MR) is 52.4 cm³/mol. The van der Waals surface area contributed by atoms with Crippen molar-refractivity contribution in [3.8, 4) is 5.69 Å². The van der Waals surface area contributed by atoms with E-state index in [2.05, 4.69) is 0 Å². The Balaban J connectivity index is 2.54. The maximum absolute atomic E-state index is 5.83. The third-order valence-corrected chi connectivity index (χ3v) is 1.93. The van der Waals surface area contributed by atoms with Crippen molar-refractivity contribution in [2.75, 3.05) is 5.73 Å². The molecule has 2 heteroatoms. The van der Waals surface area contributed by atoms with Gasteiger partial charge in [-0.1, -0.05) is 18.2 Å². The van der Waals surface area contributed by atoms with Gasteiger partial charge in [-0.25, -0.2) is 0 Å². The van der Waals surface area contributed by atoms with Gasteiger partial charge >= 0.3 is 0 Å². The number of anilines is 1. The van der Waals surface area contributed by atoms with Crippen LogP contribution in [-0.2, 0) is 0 Å². The van der Waals surface area contributed by atoms with E-state index in [1.807, 2.05) is 59.4 Å². The number of benzene rings is 1. The van der Waals surface area contributed by atoms with Crippen molar-refractivity contribution in [1.29, 1.82) is 0 Å². The fourth-order valence-electron chi connectivity index (χ4n) is 1.28. The Hall–Kier alpha value is -1.83. The third-order valence-electron chi connectivity index (χ3n) is 1.93. The van der Waals surface area contributed by atoms with Gasteiger partial charge in [0, 0.05) is 18.2 Å². The molecule has 1 aromatic heterocycles. The summed E-state index contributed by atoms with van der Waals surface area (Å²) in [4.78, 5) is 0. The molecule has 2 rings (SSSR count). The fraction of sp³-hybridized carbons (Fsp3) is 0. The molecule has 0 aliphatic carbocycles. The molecule has 0 saturated heterocycles.